The van der Waals surface area contributed by atoms with Crippen molar-refractivity contribution < 1.29 is 14.1 Å². The van der Waals surface area contributed by atoms with E-state index in [9.17, 15) is 4.79 Å². The molecule has 0 unspecified atom stereocenters. The molecular formula is C25H22N4O3. The lowest BCUT2D eigenvalue weighted by Crippen LogP contribution is -2.09. The summed E-state index contributed by atoms with van der Waals surface area (Å²) < 4.78 is 12.9. The standard InChI is InChI=1S/C25H22N4O3/c1-13-6-8-16(9-7-13)24(30)25-27-20-12-26-19-10-18(22-14(2)28-32-15(22)3)21(31-5)11-17(19)23(20)29(25)4/h6-12H,1-5H3. The van der Waals surface area contributed by atoms with E-state index in [2.05, 4.69) is 15.1 Å². The number of carbonyl (C=O) groups excluding carboxylic acids is 1. The third-order valence-electron chi connectivity index (χ3n) is 5.84. The number of methoxy groups -OCH3 is 1. The van der Waals surface area contributed by atoms with Crippen LogP contribution in [0.3, 0.4) is 0 Å². The molecule has 7 heteroatoms. The van der Waals surface area contributed by atoms with Gasteiger partial charge in [-0.15, -0.1) is 0 Å². The zero-order valence-electron chi connectivity index (χ0n) is 18.6. The van der Waals surface area contributed by atoms with Crippen LogP contribution in [-0.2, 0) is 7.05 Å². The Morgan fingerprint density at radius 3 is 2.47 bits per heavy atom. The Labute approximate surface area is 184 Å². The monoisotopic (exact) mass is 426 g/mol. The average Bonchev–Trinajstić information content (AvgIpc) is 3.31. The highest BCUT2D eigenvalue weighted by atomic mass is 16.5. The topological polar surface area (TPSA) is 83.0 Å². The second-order valence-electron chi connectivity index (χ2n) is 7.95. The van der Waals surface area contributed by atoms with Crippen molar-refractivity contribution in [3.8, 4) is 16.9 Å². The highest BCUT2D eigenvalue weighted by molar-refractivity contribution is 6.11. The van der Waals surface area contributed by atoms with Gasteiger partial charge in [-0.05, 0) is 32.9 Å². The number of pyridine rings is 1. The van der Waals surface area contributed by atoms with Crippen LogP contribution in [0.5, 0.6) is 5.75 Å². The molecule has 0 amide bonds. The molecule has 160 valence electrons. The third kappa shape index (κ3) is 2.97. The number of aryl methyl sites for hydroxylation is 4. The Morgan fingerprint density at radius 2 is 1.81 bits per heavy atom. The maximum Gasteiger partial charge on any atom is 0.228 e. The fraction of sp³-hybridized carbons (Fsp3) is 0.200. The molecule has 0 N–H and O–H groups in total. The second-order valence-corrected chi connectivity index (χ2v) is 7.95. The Bertz CT molecular complexity index is 1490. The summed E-state index contributed by atoms with van der Waals surface area (Å²) in [5.41, 5.74) is 6.50. The molecule has 3 heterocycles. The fourth-order valence-corrected chi connectivity index (χ4v) is 4.19. The molecule has 2 aromatic carbocycles. The predicted octanol–water partition coefficient (Wildman–Crippen LogP) is 4.94. The van der Waals surface area contributed by atoms with Crippen LogP contribution >= 0.6 is 0 Å². The maximum absolute atomic E-state index is 13.1. The van der Waals surface area contributed by atoms with E-state index >= 15 is 0 Å². The van der Waals surface area contributed by atoms with Crippen molar-refractivity contribution in [1.29, 1.82) is 0 Å². The molecule has 32 heavy (non-hydrogen) atoms. The first-order chi connectivity index (χ1) is 15.4. The molecule has 0 saturated heterocycles. The van der Waals surface area contributed by atoms with Gasteiger partial charge in [0.15, 0.2) is 5.82 Å². The Balaban J connectivity index is 1.73. The number of imidazole rings is 1. The zero-order chi connectivity index (χ0) is 22.6. The van der Waals surface area contributed by atoms with Gasteiger partial charge in [0.25, 0.3) is 0 Å². The highest BCUT2D eigenvalue weighted by Gasteiger charge is 2.22. The summed E-state index contributed by atoms with van der Waals surface area (Å²) in [6.07, 6.45) is 1.70. The van der Waals surface area contributed by atoms with E-state index in [0.717, 1.165) is 38.8 Å². The van der Waals surface area contributed by atoms with Crippen LogP contribution in [0.2, 0.25) is 0 Å². The largest absolute Gasteiger partial charge is 0.496 e. The smallest absolute Gasteiger partial charge is 0.228 e. The van der Waals surface area contributed by atoms with Crippen LogP contribution in [0.4, 0.5) is 0 Å². The van der Waals surface area contributed by atoms with Gasteiger partial charge in [-0.3, -0.25) is 9.78 Å². The quantitative estimate of drug-likeness (QED) is 0.379. The van der Waals surface area contributed by atoms with Crippen molar-refractivity contribution in [3.63, 3.8) is 0 Å². The van der Waals surface area contributed by atoms with Crippen LogP contribution in [0.25, 0.3) is 33.1 Å². The lowest BCUT2D eigenvalue weighted by Gasteiger charge is -2.11. The van der Waals surface area contributed by atoms with Crippen LogP contribution in [0.1, 0.15) is 33.2 Å². The lowest BCUT2D eigenvalue weighted by molar-refractivity contribution is 0.102. The van der Waals surface area contributed by atoms with Crippen molar-refractivity contribution in [2.24, 2.45) is 7.05 Å². The number of aromatic nitrogens is 4. The Morgan fingerprint density at radius 1 is 1.06 bits per heavy atom. The predicted molar refractivity (Wildman–Crippen MR) is 122 cm³/mol. The fourth-order valence-electron chi connectivity index (χ4n) is 4.19. The number of fused-ring (bicyclic) bond motifs is 3. The number of hydrogen-bond acceptors (Lipinski definition) is 6. The van der Waals surface area contributed by atoms with Crippen LogP contribution < -0.4 is 4.74 Å². The number of rotatable bonds is 4. The normalized spacial score (nSPS) is 11.4. The summed E-state index contributed by atoms with van der Waals surface area (Å²) in [5.74, 6) is 1.63. The van der Waals surface area contributed by atoms with E-state index in [1.54, 1.807) is 13.3 Å². The minimum absolute atomic E-state index is 0.129. The van der Waals surface area contributed by atoms with Gasteiger partial charge in [0.2, 0.25) is 5.78 Å². The first kappa shape index (κ1) is 19.9. The number of carbonyl (C=O) groups is 1. The Kier molecular flexibility index (Phi) is 4.55. The minimum atomic E-state index is -0.129. The second kappa shape index (κ2) is 7.30. The molecule has 0 radical (unpaired) electrons. The van der Waals surface area contributed by atoms with Gasteiger partial charge in [-0.2, -0.15) is 0 Å². The molecule has 0 saturated carbocycles. The first-order valence-electron chi connectivity index (χ1n) is 10.3. The molecule has 0 atom stereocenters. The summed E-state index contributed by atoms with van der Waals surface area (Å²) >= 11 is 0. The molecule has 0 aliphatic heterocycles. The number of ether oxygens (including phenoxy) is 1. The molecule has 3 aromatic heterocycles. The van der Waals surface area contributed by atoms with Crippen molar-refractivity contribution in [3.05, 3.63) is 71.0 Å². The molecule has 0 aliphatic carbocycles. The summed E-state index contributed by atoms with van der Waals surface area (Å²) in [4.78, 5) is 22.4. The van der Waals surface area contributed by atoms with E-state index in [-0.39, 0.29) is 5.78 Å². The van der Waals surface area contributed by atoms with Crippen LogP contribution in [-0.4, -0.2) is 32.6 Å². The van der Waals surface area contributed by atoms with Gasteiger partial charge in [0, 0.05) is 23.6 Å². The van der Waals surface area contributed by atoms with Crippen molar-refractivity contribution in [2.75, 3.05) is 7.11 Å². The molecule has 0 bridgehead atoms. The lowest BCUT2D eigenvalue weighted by atomic mass is 10.0. The van der Waals surface area contributed by atoms with E-state index in [1.165, 1.54) is 0 Å². The summed E-state index contributed by atoms with van der Waals surface area (Å²) in [7, 11) is 3.48. The van der Waals surface area contributed by atoms with Crippen molar-refractivity contribution in [2.45, 2.75) is 20.8 Å². The molecular weight excluding hydrogens is 404 g/mol. The molecule has 5 rings (SSSR count). The summed E-state index contributed by atoms with van der Waals surface area (Å²) in [5, 5.41) is 4.92. The van der Waals surface area contributed by atoms with E-state index in [4.69, 9.17) is 9.26 Å². The zero-order valence-corrected chi connectivity index (χ0v) is 18.6. The minimum Gasteiger partial charge on any atom is -0.496 e. The molecule has 0 aliphatic rings. The summed E-state index contributed by atoms with van der Waals surface area (Å²) in [6.45, 7) is 5.77. The molecule has 0 fully saturated rings. The van der Waals surface area contributed by atoms with Crippen molar-refractivity contribution in [1.82, 2.24) is 19.7 Å². The van der Waals surface area contributed by atoms with E-state index in [0.29, 0.717) is 28.4 Å². The number of ketones is 1. The Hall–Kier alpha value is -4.00. The van der Waals surface area contributed by atoms with Gasteiger partial charge in [-0.1, -0.05) is 35.0 Å². The molecule has 7 nitrogen and oxygen atoms in total. The molecule has 0 spiro atoms. The van der Waals surface area contributed by atoms with Gasteiger partial charge in [0.1, 0.15) is 17.0 Å². The van der Waals surface area contributed by atoms with Gasteiger partial charge < -0.3 is 13.8 Å². The van der Waals surface area contributed by atoms with E-state index in [1.807, 2.05) is 68.8 Å². The number of hydrogen-bond donors (Lipinski definition) is 0. The summed E-state index contributed by atoms with van der Waals surface area (Å²) in [6, 6.07) is 11.4. The van der Waals surface area contributed by atoms with Crippen LogP contribution in [0, 0.1) is 20.8 Å². The number of benzene rings is 2. The average molecular weight is 426 g/mol. The third-order valence-corrected chi connectivity index (χ3v) is 5.84. The molecule has 5 aromatic rings. The highest BCUT2D eigenvalue weighted by Crippen LogP contribution is 2.39. The van der Waals surface area contributed by atoms with Gasteiger partial charge in [0.05, 0.1) is 35.6 Å². The van der Waals surface area contributed by atoms with Gasteiger partial charge >= 0.3 is 0 Å². The first-order valence-corrected chi connectivity index (χ1v) is 10.3. The van der Waals surface area contributed by atoms with Crippen LogP contribution in [0.15, 0.2) is 47.1 Å². The van der Waals surface area contributed by atoms with E-state index < -0.39 is 0 Å². The maximum atomic E-state index is 13.1. The van der Waals surface area contributed by atoms with Crippen molar-refractivity contribution >= 4 is 27.7 Å². The number of nitrogens with zero attached hydrogens (tertiary/aromatic N) is 4. The van der Waals surface area contributed by atoms with Gasteiger partial charge in [-0.25, -0.2) is 4.98 Å². The SMILES string of the molecule is COc1cc2c(cc1-c1c(C)noc1C)ncc1nc(C(=O)c3ccc(C)cc3)n(C)c12.